The molecular formula is C23H19ClN2OS2. The van der Waals surface area contributed by atoms with Crippen molar-refractivity contribution >= 4 is 56.5 Å². The number of carbonyl (C=O) groups excluding carboxylic acids is 1. The number of rotatable bonds is 5. The number of amides is 1. The molecule has 29 heavy (non-hydrogen) atoms. The van der Waals surface area contributed by atoms with Crippen LogP contribution in [0, 0.1) is 13.8 Å². The molecule has 0 aliphatic carbocycles. The van der Waals surface area contributed by atoms with E-state index in [1.165, 1.54) is 16.7 Å². The summed E-state index contributed by atoms with van der Waals surface area (Å²) in [7, 11) is 0. The van der Waals surface area contributed by atoms with Crippen LogP contribution in [-0.2, 0) is 5.75 Å². The van der Waals surface area contributed by atoms with E-state index < -0.39 is 0 Å². The molecule has 0 saturated carbocycles. The molecule has 0 saturated heterocycles. The van der Waals surface area contributed by atoms with Gasteiger partial charge in [0, 0.05) is 22.0 Å². The SMILES string of the molecule is Cc1ccc(CSc2nc3ccc(NC(=O)c4ccc(Cl)cc4)cc3s2)c(C)c1. The summed E-state index contributed by atoms with van der Waals surface area (Å²) < 4.78 is 2.09. The molecule has 0 spiro atoms. The topological polar surface area (TPSA) is 42.0 Å². The predicted molar refractivity (Wildman–Crippen MR) is 125 cm³/mol. The molecule has 0 bridgehead atoms. The second kappa shape index (κ2) is 8.57. The fraction of sp³-hybridized carbons (Fsp3) is 0.130. The van der Waals surface area contributed by atoms with Crippen molar-refractivity contribution in [2.24, 2.45) is 0 Å². The van der Waals surface area contributed by atoms with Gasteiger partial charge in [-0.3, -0.25) is 4.79 Å². The maximum atomic E-state index is 12.4. The van der Waals surface area contributed by atoms with Gasteiger partial charge in [-0.25, -0.2) is 4.98 Å². The smallest absolute Gasteiger partial charge is 0.255 e. The second-order valence-corrected chi connectivity index (χ2v) is 9.53. The van der Waals surface area contributed by atoms with E-state index in [1.807, 2.05) is 18.2 Å². The molecule has 0 radical (unpaired) electrons. The van der Waals surface area contributed by atoms with Crippen molar-refractivity contribution in [1.82, 2.24) is 4.98 Å². The van der Waals surface area contributed by atoms with Crippen LogP contribution < -0.4 is 5.32 Å². The Morgan fingerprint density at radius 1 is 1.07 bits per heavy atom. The number of thioether (sulfide) groups is 1. The molecule has 4 rings (SSSR count). The Morgan fingerprint density at radius 3 is 2.62 bits per heavy atom. The van der Waals surface area contributed by atoms with E-state index in [-0.39, 0.29) is 5.91 Å². The minimum absolute atomic E-state index is 0.157. The normalized spacial score (nSPS) is 11.0. The monoisotopic (exact) mass is 438 g/mol. The first-order valence-electron chi connectivity index (χ1n) is 9.14. The molecular weight excluding hydrogens is 420 g/mol. The first-order valence-corrected chi connectivity index (χ1v) is 11.3. The lowest BCUT2D eigenvalue weighted by Gasteiger charge is -2.05. The van der Waals surface area contributed by atoms with Crippen molar-refractivity contribution in [1.29, 1.82) is 0 Å². The van der Waals surface area contributed by atoms with E-state index >= 15 is 0 Å². The summed E-state index contributed by atoms with van der Waals surface area (Å²) in [6.07, 6.45) is 0. The molecule has 1 aromatic heterocycles. The number of halogens is 1. The van der Waals surface area contributed by atoms with Crippen LogP contribution in [-0.4, -0.2) is 10.9 Å². The first-order chi connectivity index (χ1) is 14.0. The molecule has 3 nitrogen and oxygen atoms in total. The van der Waals surface area contributed by atoms with Gasteiger partial charge >= 0.3 is 0 Å². The maximum absolute atomic E-state index is 12.4. The van der Waals surface area contributed by atoms with Gasteiger partial charge in [-0.15, -0.1) is 11.3 Å². The van der Waals surface area contributed by atoms with Gasteiger partial charge in [0.25, 0.3) is 5.91 Å². The molecule has 0 atom stereocenters. The molecule has 3 aromatic carbocycles. The lowest BCUT2D eigenvalue weighted by molar-refractivity contribution is 0.102. The van der Waals surface area contributed by atoms with Crippen molar-refractivity contribution in [2.45, 2.75) is 23.9 Å². The minimum atomic E-state index is -0.157. The molecule has 1 heterocycles. The molecule has 0 fully saturated rings. The summed E-state index contributed by atoms with van der Waals surface area (Å²) in [6, 6.07) is 19.2. The number of anilines is 1. The third kappa shape index (κ3) is 4.81. The van der Waals surface area contributed by atoms with Crippen LogP contribution in [0.25, 0.3) is 10.2 Å². The number of nitrogens with zero attached hydrogens (tertiary/aromatic N) is 1. The summed E-state index contributed by atoms with van der Waals surface area (Å²) in [4.78, 5) is 17.1. The second-order valence-electron chi connectivity index (χ2n) is 6.84. The minimum Gasteiger partial charge on any atom is -0.322 e. The average molecular weight is 439 g/mol. The Bertz CT molecular complexity index is 1190. The Labute approximate surface area is 183 Å². The van der Waals surface area contributed by atoms with Crippen LogP contribution in [0.15, 0.2) is 65.0 Å². The number of hydrogen-bond donors (Lipinski definition) is 1. The molecule has 1 N–H and O–H groups in total. The summed E-state index contributed by atoms with van der Waals surface area (Å²) in [5.74, 6) is 0.738. The van der Waals surface area contributed by atoms with Gasteiger partial charge in [-0.05, 0) is 67.4 Å². The molecule has 146 valence electrons. The Balaban J connectivity index is 1.47. The number of thiazole rings is 1. The van der Waals surface area contributed by atoms with E-state index in [0.29, 0.717) is 10.6 Å². The van der Waals surface area contributed by atoms with Crippen LogP contribution in [0.1, 0.15) is 27.0 Å². The Kier molecular flexibility index (Phi) is 5.90. The summed E-state index contributed by atoms with van der Waals surface area (Å²) in [5, 5.41) is 3.55. The Hall–Kier alpha value is -2.34. The van der Waals surface area contributed by atoms with Crippen LogP contribution in [0.4, 0.5) is 5.69 Å². The average Bonchev–Trinajstić information content (AvgIpc) is 3.10. The van der Waals surface area contributed by atoms with Gasteiger partial charge < -0.3 is 5.32 Å². The lowest BCUT2D eigenvalue weighted by atomic mass is 10.1. The van der Waals surface area contributed by atoms with Crippen LogP contribution in [0.5, 0.6) is 0 Å². The van der Waals surface area contributed by atoms with Gasteiger partial charge in [0.2, 0.25) is 0 Å². The standard InChI is InChI=1S/C23H19ClN2OS2/c1-14-3-4-17(15(2)11-14)13-28-23-26-20-10-9-19(12-21(20)29-23)25-22(27)16-5-7-18(24)8-6-16/h3-12H,13H2,1-2H3,(H,25,27). The van der Waals surface area contributed by atoms with E-state index in [1.54, 1.807) is 47.4 Å². The van der Waals surface area contributed by atoms with Crippen molar-refractivity contribution in [2.75, 3.05) is 5.32 Å². The van der Waals surface area contributed by atoms with Crippen molar-refractivity contribution in [3.8, 4) is 0 Å². The zero-order valence-electron chi connectivity index (χ0n) is 16.0. The molecule has 0 aliphatic heterocycles. The van der Waals surface area contributed by atoms with Gasteiger partial charge in [0.1, 0.15) is 0 Å². The van der Waals surface area contributed by atoms with Crippen LogP contribution in [0.2, 0.25) is 5.02 Å². The van der Waals surface area contributed by atoms with Crippen molar-refractivity contribution < 1.29 is 4.79 Å². The van der Waals surface area contributed by atoms with Gasteiger partial charge in [0.05, 0.1) is 10.2 Å². The van der Waals surface area contributed by atoms with Crippen molar-refractivity contribution in [3.63, 3.8) is 0 Å². The number of nitrogens with one attached hydrogen (secondary N) is 1. The van der Waals surface area contributed by atoms with Crippen LogP contribution >= 0.6 is 34.7 Å². The zero-order valence-corrected chi connectivity index (χ0v) is 18.4. The largest absolute Gasteiger partial charge is 0.322 e. The van der Waals surface area contributed by atoms with Gasteiger partial charge in [-0.1, -0.05) is 47.1 Å². The first kappa shape index (κ1) is 20.0. The zero-order chi connectivity index (χ0) is 20.4. The third-order valence-electron chi connectivity index (χ3n) is 4.58. The summed E-state index contributed by atoms with van der Waals surface area (Å²) in [6.45, 7) is 4.26. The van der Waals surface area contributed by atoms with Gasteiger partial charge in [-0.2, -0.15) is 0 Å². The highest BCUT2D eigenvalue weighted by atomic mass is 35.5. The van der Waals surface area contributed by atoms with Crippen molar-refractivity contribution in [3.05, 3.63) is 87.9 Å². The number of aromatic nitrogens is 1. The summed E-state index contributed by atoms with van der Waals surface area (Å²) in [5.41, 5.74) is 6.20. The number of aryl methyl sites for hydroxylation is 2. The molecule has 0 unspecified atom stereocenters. The van der Waals surface area contributed by atoms with E-state index in [9.17, 15) is 4.79 Å². The number of fused-ring (bicyclic) bond motifs is 1. The molecule has 4 aromatic rings. The van der Waals surface area contributed by atoms with Crippen LogP contribution in [0.3, 0.4) is 0 Å². The summed E-state index contributed by atoms with van der Waals surface area (Å²) >= 11 is 9.28. The van der Waals surface area contributed by atoms with Gasteiger partial charge in [0.15, 0.2) is 4.34 Å². The third-order valence-corrected chi connectivity index (χ3v) is 7.04. The molecule has 0 aliphatic rings. The number of benzene rings is 3. The van der Waals surface area contributed by atoms with E-state index in [2.05, 4.69) is 37.4 Å². The fourth-order valence-corrected chi connectivity index (χ4v) is 5.30. The highest BCUT2D eigenvalue weighted by Crippen LogP contribution is 2.33. The quantitative estimate of drug-likeness (QED) is 0.337. The molecule has 6 heteroatoms. The Morgan fingerprint density at radius 2 is 1.86 bits per heavy atom. The fourth-order valence-electron chi connectivity index (χ4n) is 2.99. The van der Waals surface area contributed by atoms with E-state index in [0.717, 1.165) is 26.0 Å². The highest BCUT2D eigenvalue weighted by molar-refractivity contribution is 8.00. The van der Waals surface area contributed by atoms with E-state index in [4.69, 9.17) is 16.6 Å². The molecule has 1 amide bonds. The highest BCUT2D eigenvalue weighted by Gasteiger charge is 2.10. The number of hydrogen-bond acceptors (Lipinski definition) is 4. The lowest BCUT2D eigenvalue weighted by Crippen LogP contribution is -2.11. The maximum Gasteiger partial charge on any atom is 0.255 e. The number of carbonyl (C=O) groups is 1. The predicted octanol–water partition coefficient (Wildman–Crippen LogP) is 7.11.